The normalized spacial score (nSPS) is 14.3. The van der Waals surface area contributed by atoms with Gasteiger partial charge in [0.2, 0.25) is 0 Å². The number of aromatic amines is 1. The van der Waals surface area contributed by atoms with Crippen molar-refractivity contribution in [2.24, 2.45) is 0 Å². The minimum Gasteiger partial charge on any atom is -0.358 e. The van der Waals surface area contributed by atoms with Gasteiger partial charge in [-0.1, -0.05) is 41.9 Å². The Labute approximate surface area is 218 Å². The van der Waals surface area contributed by atoms with E-state index in [1.807, 2.05) is 44.2 Å². The SMILES string of the molecule is C#Cc1ccc2c(c1)[nH]c1c2c(=O)c2cc(C(C)C)c(-c3cccc(OS(=O)(=O)F)c3)cc2n1C1CNC1. The van der Waals surface area contributed by atoms with Gasteiger partial charge in [-0.25, -0.2) is 0 Å². The molecule has 6 rings (SSSR count). The largest absolute Gasteiger partial charge is 0.488 e. The van der Waals surface area contributed by atoms with Crippen LogP contribution in [0.15, 0.2) is 59.4 Å². The zero-order chi connectivity index (χ0) is 26.8. The second-order valence-electron chi connectivity index (χ2n) is 9.88. The fourth-order valence-electron chi connectivity index (χ4n) is 5.32. The van der Waals surface area contributed by atoms with E-state index in [1.54, 1.807) is 12.1 Å². The third-order valence-corrected chi connectivity index (χ3v) is 7.56. The molecule has 38 heavy (non-hydrogen) atoms. The lowest BCUT2D eigenvalue weighted by molar-refractivity contribution is 0.357. The van der Waals surface area contributed by atoms with E-state index in [0.29, 0.717) is 16.3 Å². The Morgan fingerprint density at radius 2 is 1.89 bits per heavy atom. The first-order valence-corrected chi connectivity index (χ1v) is 13.5. The number of pyridine rings is 1. The zero-order valence-electron chi connectivity index (χ0n) is 20.7. The van der Waals surface area contributed by atoms with Crippen molar-refractivity contribution in [3.63, 3.8) is 0 Å². The van der Waals surface area contributed by atoms with E-state index in [4.69, 9.17) is 6.42 Å². The van der Waals surface area contributed by atoms with Gasteiger partial charge in [-0.2, -0.15) is 8.42 Å². The fraction of sp³-hybridized carbons (Fsp3) is 0.207. The van der Waals surface area contributed by atoms with E-state index < -0.39 is 10.5 Å². The second kappa shape index (κ2) is 8.72. The van der Waals surface area contributed by atoms with Crippen LogP contribution in [-0.2, 0) is 10.5 Å². The highest BCUT2D eigenvalue weighted by Crippen LogP contribution is 2.37. The van der Waals surface area contributed by atoms with Crippen molar-refractivity contribution in [3.05, 3.63) is 75.9 Å². The molecule has 0 amide bonds. The fourth-order valence-corrected chi connectivity index (χ4v) is 5.65. The molecule has 9 heteroatoms. The average molecular weight is 530 g/mol. The van der Waals surface area contributed by atoms with E-state index in [-0.39, 0.29) is 23.1 Å². The summed E-state index contributed by atoms with van der Waals surface area (Å²) in [5.41, 5.74) is 5.28. The van der Waals surface area contributed by atoms with E-state index in [0.717, 1.165) is 51.8 Å². The van der Waals surface area contributed by atoms with Gasteiger partial charge >= 0.3 is 10.5 Å². The standard InChI is InChI=1S/C29H24FN3O4S/c1-4-17-8-9-21-25(10-17)32-29-27(21)28(34)24-12-22(16(2)3)23(13-26(24)33(29)19-14-31-15-19)18-6-5-7-20(11-18)37-38(30,35)36/h1,5-13,16,19,31-32H,14-15H2,2-3H3. The Kier molecular flexibility index (Phi) is 5.56. The van der Waals surface area contributed by atoms with Crippen molar-refractivity contribution < 1.29 is 16.5 Å². The molecule has 1 aliphatic rings. The van der Waals surface area contributed by atoms with Gasteiger partial charge in [0, 0.05) is 34.9 Å². The molecule has 0 radical (unpaired) electrons. The van der Waals surface area contributed by atoms with Crippen LogP contribution in [0, 0.1) is 12.3 Å². The molecule has 0 spiro atoms. The predicted octanol–water partition coefficient (Wildman–Crippen LogP) is 5.15. The van der Waals surface area contributed by atoms with Gasteiger partial charge in [0.1, 0.15) is 11.4 Å². The number of fused-ring (bicyclic) bond motifs is 4. The monoisotopic (exact) mass is 529 g/mol. The molecule has 0 unspecified atom stereocenters. The summed E-state index contributed by atoms with van der Waals surface area (Å²) in [6.07, 6.45) is 5.61. The molecule has 2 N–H and O–H groups in total. The lowest BCUT2D eigenvalue weighted by atomic mass is 9.90. The van der Waals surface area contributed by atoms with Crippen LogP contribution in [0.1, 0.15) is 36.9 Å². The minimum atomic E-state index is -5.17. The number of hydrogen-bond acceptors (Lipinski definition) is 5. The molecular formula is C29H24FN3O4S. The zero-order valence-corrected chi connectivity index (χ0v) is 21.5. The highest BCUT2D eigenvalue weighted by molar-refractivity contribution is 7.81. The summed E-state index contributed by atoms with van der Waals surface area (Å²) in [4.78, 5) is 17.5. The lowest BCUT2D eigenvalue weighted by Crippen LogP contribution is -2.44. The molecule has 3 heterocycles. The van der Waals surface area contributed by atoms with Crippen molar-refractivity contribution in [2.75, 3.05) is 13.1 Å². The van der Waals surface area contributed by atoms with Gasteiger partial charge in [-0.15, -0.1) is 6.42 Å². The van der Waals surface area contributed by atoms with Gasteiger partial charge in [0.05, 0.1) is 16.9 Å². The van der Waals surface area contributed by atoms with Crippen LogP contribution in [-0.4, -0.2) is 31.1 Å². The number of terminal acetylenes is 1. The maximum absolute atomic E-state index is 14.0. The van der Waals surface area contributed by atoms with E-state index in [9.17, 15) is 17.1 Å². The maximum atomic E-state index is 14.0. The van der Waals surface area contributed by atoms with E-state index in [2.05, 4.69) is 25.0 Å². The van der Waals surface area contributed by atoms with Crippen molar-refractivity contribution in [3.8, 4) is 29.2 Å². The van der Waals surface area contributed by atoms with Gasteiger partial charge < -0.3 is 19.1 Å². The molecule has 0 saturated carbocycles. The van der Waals surface area contributed by atoms with Crippen molar-refractivity contribution in [2.45, 2.75) is 25.8 Å². The summed E-state index contributed by atoms with van der Waals surface area (Å²) < 4.78 is 42.1. The first kappa shape index (κ1) is 24.2. The molecule has 192 valence electrons. The van der Waals surface area contributed by atoms with Crippen LogP contribution in [0.3, 0.4) is 0 Å². The quantitative estimate of drug-likeness (QED) is 0.243. The Morgan fingerprint density at radius 3 is 2.55 bits per heavy atom. The summed E-state index contributed by atoms with van der Waals surface area (Å²) >= 11 is 0. The van der Waals surface area contributed by atoms with E-state index >= 15 is 0 Å². The van der Waals surface area contributed by atoms with Crippen LogP contribution in [0.2, 0.25) is 0 Å². The van der Waals surface area contributed by atoms with Gasteiger partial charge in [-0.05, 0) is 59.0 Å². The van der Waals surface area contributed by atoms with Crippen molar-refractivity contribution in [1.82, 2.24) is 14.9 Å². The number of benzene rings is 3. The third-order valence-electron chi connectivity index (χ3n) is 7.17. The smallest absolute Gasteiger partial charge is 0.358 e. The van der Waals surface area contributed by atoms with Crippen LogP contribution in [0.25, 0.3) is 44.0 Å². The van der Waals surface area contributed by atoms with Crippen LogP contribution in [0.5, 0.6) is 5.75 Å². The summed E-state index contributed by atoms with van der Waals surface area (Å²) in [7, 11) is -5.17. The molecule has 7 nitrogen and oxygen atoms in total. The number of nitrogens with zero attached hydrogens (tertiary/aromatic N) is 1. The molecule has 1 fully saturated rings. The summed E-state index contributed by atoms with van der Waals surface area (Å²) in [5, 5.41) is 5.35. The number of H-pyrrole nitrogens is 1. The Balaban J connectivity index is 1.70. The topological polar surface area (TPSA) is 93.2 Å². The first-order valence-electron chi connectivity index (χ1n) is 12.2. The minimum absolute atomic E-state index is 0.0407. The first-order chi connectivity index (χ1) is 18.1. The lowest BCUT2D eigenvalue weighted by Gasteiger charge is -2.32. The Hall–Kier alpha value is -4.13. The van der Waals surface area contributed by atoms with E-state index in [1.165, 1.54) is 12.1 Å². The number of aromatic nitrogens is 2. The number of nitrogens with one attached hydrogen (secondary N) is 2. The average Bonchev–Trinajstić information content (AvgIpc) is 3.22. The highest BCUT2D eigenvalue weighted by atomic mass is 32.3. The van der Waals surface area contributed by atoms with Crippen LogP contribution < -0.4 is 14.9 Å². The Morgan fingerprint density at radius 1 is 1.11 bits per heavy atom. The molecule has 5 aromatic rings. The molecule has 0 atom stereocenters. The summed E-state index contributed by atoms with van der Waals surface area (Å²) in [5.74, 6) is 2.56. The molecule has 3 aromatic carbocycles. The predicted molar refractivity (Wildman–Crippen MR) is 148 cm³/mol. The number of rotatable bonds is 5. The molecular weight excluding hydrogens is 505 g/mol. The van der Waals surface area contributed by atoms with Gasteiger partial charge in [0.25, 0.3) is 0 Å². The molecule has 2 aromatic heterocycles. The van der Waals surface area contributed by atoms with Gasteiger partial charge in [0.15, 0.2) is 5.43 Å². The Bertz CT molecular complexity index is 1980. The number of hydrogen-bond donors (Lipinski definition) is 2. The second-order valence-corrected chi connectivity index (χ2v) is 10.8. The molecule has 1 saturated heterocycles. The van der Waals surface area contributed by atoms with Crippen LogP contribution in [0.4, 0.5) is 3.89 Å². The molecule has 0 aliphatic carbocycles. The van der Waals surface area contributed by atoms with Crippen molar-refractivity contribution >= 4 is 43.3 Å². The third kappa shape index (κ3) is 3.93. The van der Waals surface area contributed by atoms with Crippen LogP contribution >= 0.6 is 0 Å². The van der Waals surface area contributed by atoms with Crippen molar-refractivity contribution in [1.29, 1.82) is 0 Å². The molecule has 0 bridgehead atoms. The highest BCUT2D eigenvalue weighted by Gasteiger charge is 2.26. The van der Waals surface area contributed by atoms with Gasteiger partial charge in [-0.3, -0.25) is 4.79 Å². The number of halogens is 1. The summed E-state index contributed by atoms with van der Waals surface area (Å²) in [6.45, 7) is 5.54. The molecule has 1 aliphatic heterocycles. The summed E-state index contributed by atoms with van der Waals surface area (Å²) in [6, 6.07) is 15.9. The maximum Gasteiger partial charge on any atom is 0.488 e.